The second-order valence-electron chi connectivity index (χ2n) is 5.67. The molecule has 0 radical (unpaired) electrons. The van der Waals surface area contributed by atoms with Gasteiger partial charge in [-0.2, -0.15) is 0 Å². The van der Waals surface area contributed by atoms with E-state index in [1.165, 1.54) is 7.11 Å². The molecule has 0 bridgehead atoms. The number of hydrogen-bond donors (Lipinski definition) is 0. The van der Waals surface area contributed by atoms with Crippen molar-refractivity contribution in [1.29, 1.82) is 0 Å². The molecular formula is C19H22O6. The largest absolute Gasteiger partial charge is 0.465 e. The van der Waals surface area contributed by atoms with Gasteiger partial charge in [0.15, 0.2) is 5.41 Å². The van der Waals surface area contributed by atoms with Crippen LogP contribution in [0.25, 0.3) is 5.57 Å². The molecule has 0 N–H and O–H groups in total. The predicted molar refractivity (Wildman–Crippen MR) is 90.5 cm³/mol. The zero-order valence-electron chi connectivity index (χ0n) is 14.9. The molecule has 0 unspecified atom stereocenters. The summed E-state index contributed by atoms with van der Waals surface area (Å²) < 4.78 is 15.2. The normalized spacial score (nSPS) is 15.2. The Morgan fingerprint density at radius 2 is 1.60 bits per heavy atom. The van der Waals surface area contributed by atoms with Crippen LogP contribution in [0.4, 0.5) is 0 Å². The number of fused-ring (bicyclic) bond motifs is 1. The summed E-state index contributed by atoms with van der Waals surface area (Å²) in [6.45, 7) is 5.13. The number of methoxy groups -OCH3 is 1. The second-order valence-corrected chi connectivity index (χ2v) is 5.67. The predicted octanol–water partition coefficient (Wildman–Crippen LogP) is 2.30. The van der Waals surface area contributed by atoms with Crippen molar-refractivity contribution >= 4 is 23.5 Å². The summed E-state index contributed by atoms with van der Waals surface area (Å²) >= 11 is 0. The summed E-state index contributed by atoms with van der Waals surface area (Å²) in [7, 11) is 1.26. The Labute approximate surface area is 146 Å². The lowest BCUT2D eigenvalue weighted by Crippen LogP contribution is -2.47. The molecule has 0 aromatic heterocycles. The smallest absolute Gasteiger partial charge is 0.338 e. The number of rotatable bonds is 5. The van der Waals surface area contributed by atoms with Gasteiger partial charge in [0, 0.05) is 6.42 Å². The van der Waals surface area contributed by atoms with E-state index in [4.69, 9.17) is 14.2 Å². The van der Waals surface area contributed by atoms with Crippen molar-refractivity contribution in [3.63, 3.8) is 0 Å². The SMILES string of the molecule is CCOC(=O)C1(C(=O)OCC)Cc2ccccc2C(C(=O)OC)=C1C. The highest BCUT2D eigenvalue weighted by Gasteiger charge is 2.54. The van der Waals surface area contributed by atoms with E-state index in [1.54, 1.807) is 45.0 Å². The number of ether oxygens (including phenoxy) is 3. The van der Waals surface area contributed by atoms with Gasteiger partial charge in [-0.15, -0.1) is 0 Å². The van der Waals surface area contributed by atoms with Crippen LogP contribution >= 0.6 is 0 Å². The van der Waals surface area contributed by atoms with E-state index in [2.05, 4.69) is 0 Å². The van der Waals surface area contributed by atoms with Gasteiger partial charge in [-0.05, 0) is 37.5 Å². The Morgan fingerprint density at radius 3 is 2.12 bits per heavy atom. The van der Waals surface area contributed by atoms with Gasteiger partial charge in [0.1, 0.15) is 0 Å². The van der Waals surface area contributed by atoms with Crippen LogP contribution in [0.5, 0.6) is 0 Å². The molecule has 25 heavy (non-hydrogen) atoms. The Morgan fingerprint density at radius 1 is 1.04 bits per heavy atom. The minimum atomic E-state index is -1.69. The van der Waals surface area contributed by atoms with Gasteiger partial charge in [0.05, 0.1) is 25.9 Å². The van der Waals surface area contributed by atoms with Crippen LogP contribution < -0.4 is 0 Å². The third kappa shape index (κ3) is 3.04. The van der Waals surface area contributed by atoms with Gasteiger partial charge in [-0.25, -0.2) is 4.79 Å². The Balaban J connectivity index is 2.77. The fourth-order valence-corrected chi connectivity index (χ4v) is 3.16. The van der Waals surface area contributed by atoms with Crippen molar-refractivity contribution in [3.8, 4) is 0 Å². The molecule has 0 saturated carbocycles. The first-order chi connectivity index (χ1) is 11.9. The number of carbonyl (C=O) groups excluding carboxylic acids is 3. The van der Waals surface area contributed by atoms with E-state index in [0.29, 0.717) is 11.1 Å². The zero-order chi connectivity index (χ0) is 18.6. The van der Waals surface area contributed by atoms with Crippen LogP contribution in [0.3, 0.4) is 0 Å². The fourth-order valence-electron chi connectivity index (χ4n) is 3.16. The van der Waals surface area contributed by atoms with E-state index in [0.717, 1.165) is 0 Å². The summed E-state index contributed by atoms with van der Waals surface area (Å²) in [5, 5.41) is 0. The van der Waals surface area contributed by atoms with Crippen LogP contribution in [0.1, 0.15) is 31.9 Å². The number of carbonyl (C=O) groups is 3. The highest BCUT2D eigenvalue weighted by atomic mass is 16.6. The van der Waals surface area contributed by atoms with Crippen LogP contribution in [0.2, 0.25) is 0 Å². The Kier molecular flexibility index (Phi) is 5.62. The highest BCUT2D eigenvalue weighted by molar-refractivity contribution is 6.22. The second kappa shape index (κ2) is 7.51. The Bertz CT molecular complexity index is 713. The summed E-state index contributed by atoms with van der Waals surface area (Å²) in [5.74, 6) is -2.05. The van der Waals surface area contributed by atoms with Crippen molar-refractivity contribution in [2.75, 3.05) is 20.3 Å². The van der Waals surface area contributed by atoms with Gasteiger partial charge in [-0.3, -0.25) is 9.59 Å². The molecular weight excluding hydrogens is 324 g/mol. The molecule has 6 heteroatoms. The van der Waals surface area contributed by atoms with Gasteiger partial charge in [0.25, 0.3) is 0 Å². The number of esters is 3. The third-order valence-corrected chi connectivity index (χ3v) is 4.39. The number of hydrogen-bond acceptors (Lipinski definition) is 6. The summed E-state index contributed by atoms with van der Waals surface area (Å²) in [6, 6.07) is 7.12. The monoisotopic (exact) mass is 346 g/mol. The lowest BCUT2D eigenvalue weighted by Gasteiger charge is -2.35. The molecule has 0 atom stereocenters. The van der Waals surface area contributed by atoms with Gasteiger partial charge in [0.2, 0.25) is 0 Å². The molecule has 0 amide bonds. The van der Waals surface area contributed by atoms with E-state index < -0.39 is 23.3 Å². The lowest BCUT2D eigenvalue weighted by atomic mass is 9.68. The van der Waals surface area contributed by atoms with Crippen LogP contribution in [-0.4, -0.2) is 38.2 Å². The summed E-state index contributed by atoms with van der Waals surface area (Å²) in [5.41, 5.74) is 0.134. The minimum absolute atomic E-state index is 0.0766. The molecule has 1 aliphatic carbocycles. The summed E-state index contributed by atoms with van der Waals surface area (Å²) in [6.07, 6.45) is 0.0766. The average Bonchev–Trinajstić information content (AvgIpc) is 2.60. The Hall–Kier alpha value is -2.63. The first-order valence-corrected chi connectivity index (χ1v) is 8.16. The third-order valence-electron chi connectivity index (χ3n) is 4.39. The van der Waals surface area contributed by atoms with Crippen molar-refractivity contribution in [1.82, 2.24) is 0 Å². The van der Waals surface area contributed by atoms with Crippen molar-refractivity contribution in [2.45, 2.75) is 27.2 Å². The topological polar surface area (TPSA) is 78.9 Å². The molecule has 1 aliphatic rings. The van der Waals surface area contributed by atoms with Gasteiger partial charge < -0.3 is 14.2 Å². The fraction of sp³-hybridized carbons (Fsp3) is 0.421. The molecule has 0 aliphatic heterocycles. The maximum atomic E-state index is 12.8. The van der Waals surface area contributed by atoms with Crippen molar-refractivity contribution in [3.05, 3.63) is 41.0 Å². The molecule has 1 aromatic rings. The molecule has 0 spiro atoms. The lowest BCUT2D eigenvalue weighted by molar-refractivity contribution is -0.168. The van der Waals surface area contributed by atoms with Crippen LogP contribution in [0, 0.1) is 5.41 Å². The molecule has 2 rings (SSSR count). The van der Waals surface area contributed by atoms with Crippen LogP contribution in [-0.2, 0) is 35.0 Å². The van der Waals surface area contributed by atoms with E-state index in [9.17, 15) is 14.4 Å². The molecule has 1 aromatic carbocycles. The quantitative estimate of drug-likeness (QED) is 0.462. The van der Waals surface area contributed by atoms with Crippen molar-refractivity contribution in [2.24, 2.45) is 5.41 Å². The first-order valence-electron chi connectivity index (χ1n) is 8.16. The van der Waals surface area contributed by atoms with Gasteiger partial charge in [-0.1, -0.05) is 24.3 Å². The minimum Gasteiger partial charge on any atom is -0.465 e. The van der Waals surface area contributed by atoms with Gasteiger partial charge >= 0.3 is 17.9 Å². The standard InChI is InChI=1S/C19H22O6/c1-5-24-17(21)19(18(22)25-6-2)11-13-9-7-8-10-14(13)15(12(19)3)16(20)23-4/h7-10H,5-6,11H2,1-4H3. The number of benzene rings is 1. The molecule has 0 saturated heterocycles. The molecule has 0 fully saturated rings. The maximum absolute atomic E-state index is 12.8. The van der Waals surface area contributed by atoms with E-state index >= 15 is 0 Å². The molecule has 6 nitrogen and oxygen atoms in total. The summed E-state index contributed by atoms with van der Waals surface area (Å²) in [4.78, 5) is 38.0. The van der Waals surface area contributed by atoms with Crippen LogP contribution in [0.15, 0.2) is 29.8 Å². The molecule has 134 valence electrons. The maximum Gasteiger partial charge on any atom is 0.338 e. The molecule has 0 heterocycles. The van der Waals surface area contributed by atoms with E-state index in [1.807, 2.05) is 0 Å². The van der Waals surface area contributed by atoms with Crippen molar-refractivity contribution < 1.29 is 28.6 Å². The first kappa shape index (κ1) is 18.7. The van der Waals surface area contributed by atoms with E-state index in [-0.39, 0.29) is 30.8 Å². The highest BCUT2D eigenvalue weighted by Crippen LogP contribution is 2.45. The zero-order valence-corrected chi connectivity index (χ0v) is 14.9. The average molecular weight is 346 g/mol.